The second-order valence-corrected chi connectivity index (χ2v) is 9.69. The summed E-state index contributed by atoms with van der Waals surface area (Å²) in [4.78, 5) is 39.5. The maximum atomic E-state index is 14.1. The lowest BCUT2D eigenvalue weighted by molar-refractivity contribution is 0.620. The van der Waals surface area contributed by atoms with Gasteiger partial charge in [-0.2, -0.15) is 10.2 Å². The third-order valence-corrected chi connectivity index (χ3v) is 7.02. The Bertz CT molecular complexity index is 1870. The van der Waals surface area contributed by atoms with E-state index in [9.17, 15) is 19.2 Å². The highest BCUT2D eigenvalue weighted by Crippen LogP contribution is 2.29. The highest BCUT2D eigenvalue weighted by Gasteiger charge is 2.18. The van der Waals surface area contributed by atoms with Crippen molar-refractivity contribution in [2.24, 2.45) is 0 Å². The molecule has 0 unspecified atom stereocenters. The standard InChI is InChI=1S/C25H18ClFN8O2S/c1-13-5-17(11-30-10-13)35-24(36)33-22(31-16-3-4-20-21(7-16)38-23(29-2)32-20)34(25(35)37)12-15-6-14(9-28)19(27)8-18(15)26/h3-8,10-11H,12H2,1-2H3,(H,29,32)(H,31,33,36). The van der Waals surface area contributed by atoms with Crippen LogP contribution in [0.5, 0.6) is 0 Å². The normalized spacial score (nSPS) is 10.9. The molecule has 0 atom stereocenters. The van der Waals surface area contributed by atoms with Crippen LogP contribution in [0, 0.1) is 24.1 Å². The Balaban J connectivity index is 1.67. The van der Waals surface area contributed by atoms with Crippen LogP contribution in [0.25, 0.3) is 15.9 Å². The van der Waals surface area contributed by atoms with Crippen LogP contribution in [0.1, 0.15) is 16.7 Å². The number of halogens is 2. The number of fused-ring (bicyclic) bond motifs is 1. The van der Waals surface area contributed by atoms with Crippen LogP contribution >= 0.6 is 22.9 Å². The molecule has 3 heterocycles. The fourth-order valence-electron chi connectivity index (χ4n) is 3.82. The van der Waals surface area contributed by atoms with Gasteiger partial charge in [-0.15, -0.1) is 0 Å². The van der Waals surface area contributed by atoms with Gasteiger partial charge in [-0.25, -0.2) is 23.5 Å². The first-order chi connectivity index (χ1) is 18.3. The lowest BCUT2D eigenvalue weighted by Gasteiger charge is -2.16. The van der Waals surface area contributed by atoms with Crippen LogP contribution in [0.2, 0.25) is 5.02 Å². The molecule has 38 heavy (non-hydrogen) atoms. The van der Waals surface area contributed by atoms with Crippen molar-refractivity contribution in [2.45, 2.75) is 13.5 Å². The summed E-state index contributed by atoms with van der Waals surface area (Å²) in [6.45, 7) is 1.58. The third-order valence-electron chi connectivity index (χ3n) is 5.63. The average Bonchev–Trinajstić information content (AvgIpc) is 3.30. The van der Waals surface area contributed by atoms with E-state index in [4.69, 9.17) is 11.6 Å². The molecule has 2 N–H and O–H groups in total. The minimum absolute atomic E-state index is 0.0139. The molecule has 0 aliphatic heterocycles. The monoisotopic (exact) mass is 548 g/mol. The summed E-state index contributed by atoms with van der Waals surface area (Å²) in [7, 11) is 1.77. The summed E-state index contributed by atoms with van der Waals surface area (Å²) in [5.74, 6) is -0.840. The second-order valence-electron chi connectivity index (χ2n) is 8.25. The van der Waals surface area contributed by atoms with Crippen molar-refractivity contribution in [3.63, 3.8) is 0 Å². The predicted octanol–water partition coefficient (Wildman–Crippen LogP) is 4.21. The number of nitrogens with zero attached hydrogens (tertiary/aromatic N) is 6. The number of nitrogens with one attached hydrogen (secondary N) is 2. The average molecular weight is 549 g/mol. The van der Waals surface area contributed by atoms with Crippen molar-refractivity contribution in [1.29, 1.82) is 5.26 Å². The smallest absolute Gasteiger partial charge is 0.359 e. The molecule has 5 rings (SSSR count). The summed E-state index contributed by atoms with van der Waals surface area (Å²) < 4.78 is 17.0. The topological polar surface area (TPSA) is 131 Å². The summed E-state index contributed by atoms with van der Waals surface area (Å²) in [5.41, 5.74) is 0.827. The number of thiazole rings is 1. The molecule has 2 aromatic carbocycles. The number of benzene rings is 2. The van der Waals surface area contributed by atoms with Gasteiger partial charge in [-0.3, -0.25) is 9.55 Å². The molecule has 0 aliphatic carbocycles. The first-order valence-corrected chi connectivity index (χ1v) is 12.4. The van der Waals surface area contributed by atoms with Gasteiger partial charge in [-0.1, -0.05) is 22.9 Å². The molecule has 3 aromatic heterocycles. The molecular weight excluding hydrogens is 531 g/mol. The summed E-state index contributed by atoms with van der Waals surface area (Å²) in [5, 5.41) is 16.1. The fourth-order valence-corrected chi connectivity index (χ4v) is 4.89. The second kappa shape index (κ2) is 10.0. The van der Waals surface area contributed by atoms with E-state index in [0.717, 1.165) is 31.5 Å². The number of aryl methyl sites for hydroxylation is 1. The lowest BCUT2D eigenvalue weighted by atomic mass is 10.1. The van der Waals surface area contributed by atoms with Gasteiger partial charge in [0.15, 0.2) is 5.13 Å². The number of nitriles is 1. The van der Waals surface area contributed by atoms with E-state index < -0.39 is 17.2 Å². The van der Waals surface area contributed by atoms with Gasteiger partial charge in [0.2, 0.25) is 5.95 Å². The Morgan fingerprint density at radius 1 is 1.16 bits per heavy atom. The number of anilines is 3. The largest absolute Gasteiger partial charge is 0.365 e. The zero-order chi connectivity index (χ0) is 27.0. The minimum atomic E-state index is -0.819. The van der Waals surface area contributed by atoms with Crippen LogP contribution in [-0.4, -0.2) is 31.1 Å². The van der Waals surface area contributed by atoms with Gasteiger partial charge >= 0.3 is 11.4 Å². The molecule has 190 valence electrons. The SMILES string of the molecule is CNc1nc2ccc(Nc3nc(=O)n(-c4cncc(C)c4)c(=O)n3Cc3cc(C#N)c(F)cc3Cl)cc2s1. The van der Waals surface area contributed by atoms with Crippen molar-refractivity contribution in [3.8, 4) is 11.8 Å². The van der Waals surface area contributed by atoms with E-state index in [2.05, 4.69) is 25.6 Å². The molecule has 13 heteroatoms. The number of rotatable bonds is 6. The third kappa shape index (κ3) is 4.72. The molecule has 0 saturated carbocycles. The van der Waals surface area contributed by atoms with E-state index in [-0.39, 0.29) is 28.8 Å². The molecule has 0 saturated heterocycles. The van der Waals surface area contributed by atoms with E-state index >= 15 is 0 Å². The molecule has 0 fully saturated rings. The Labute approximate surface area is 223 Å². The number of hydrogen-bond acceptors (Lipinski definition) is 9. The van der Waals surface area contributed by atoms with Crippen molar-refractivity contribution < 1.29 is 4.39 Å². The van der Waals surface area contributed by atoms with Gasteiger partial charge in [-0.05, 0) is 54.4 Å². The Morgan fingerprint density at radius 3 is 2.71 bits per heavy atom. The summed E-state index contributed by atoms with van der Waals surface area (Å²) >= 11 is 7.70. The van der Waals surface area contributed by atoms with Crippen molar-refractivity contribution in [2.75, 3.05) is 17.7 Å². The van der Waals surface area contributed by atoms with E-state index in [1.807, 2.05) is 6.07 Å². The van der Waals surface area contributed by atoms with Gasteiger partial charge < -0.3 is 10.6 Å². The lowest BCUT2D eigenvalue weighted by Crippen LogP contribution is -2.41. The first-order valence-electron chi connectivity index (χ1n) is 11.2. The molecule has 5 aromatic rings. The summed E-state index contributed by atoms with van der Waals surface area (Å²) in [6.07, 6.45) is 2.97. The van der Waals surface area contributed by atoms with Gasteiger partial charge in [0.05, 0.1) is 34.2 Å². The van der Waals surface area contributed by atoms with Crippen molar-refractivity contribution >= 4 is 49.9 Å². The first kappa shape index (κ1) is 25.1. The maximum absolute atomic E-state index is 14.1. The van der Waals surface area contributed by atoms with Gasteiger partial charge in [0.25, 0.3) is 0 Å². The highest BCUT2D eigenvalue weighted by atomic mass is 35.5. The quantitative estimate of drug-likeness (QED) is 0.323. The van der Waals surface area contributed by atoms with Crippen LogP contribution in [0.15, 0.2) is 58.4 Å². The van der Waals surface area contributed by atoms with E-state index in [1.165, 1.54) is 28.2 Å². The predicted molar refractivity (Wildman–Crippen MR) is 144 cm³/mol. The molecule has 0 aliphatic rings. The fraction of sp³-hybridized carbons (Fsp3) is 0.120. The Hall–Kier alpha value is -4.60. The van der Waals surface area contributed by atoms with Crippen LogP contribution in [-0.2, 0) is 6.54 Å². The maximum Gasteiger partial charge on any atom is 0.359 e. The van der Waals surface area contributed by atoms with E-state index in [0.29, 0.717) is 11.3 Å². The van der Waals surface area contributed by atoms with Crippen molar-refractivity contribution in [1.82, 2.24) is 24.1 Å². The van der Waals surface area contributed by atoms with Crippen molar-refractivity contribution in [3.05, 3.63) is 97.3 Å². The zero-order valence-electron chi connectivity index (χ0n) is 20.0. The number of pyridine rings is 1. The van der Waals surface area contributed by atoms with Crippen LogP contribution < -0.4 is 22.0 Å². The van der Waals surface area contributed by atoms with E-state index in [1.54, 1.807) is 44.4 Å². The van der Waals surface area contributed by atoms with Crippen LogP contribution in [0.4, 0.5) is 21.2 Å². The zero-order valence-corrected chi connectivity index (χ0v) is 21.6. The number of aromatic nitrogens is 5. The molecule has 0 spiro atoms. The van der Waals surface area contributed by atoms with Gasteiger partial charge in [0.1, 0.15) is 11.9 Å². The molecule has 0 bridgehead atoms. The molecule has 0 amide bonds. The van der Waals surface area contributed by atoms with Crippen LogP contribution in [0.3, 0.4) is 0 Å². The molecule has 10 nitrogen and oxygen atoms in total. The Kier molecular flexibility index (Phi) is 6.62. The molecular formula is C25H18ClFN8O2S. The summed E-state index contributed by atoms with van der Waals surface area (Å²) in [6, 6.07) is 11.0. The van der Waals surface area contributed by atoms with Gasteiger partial charge in [0, 0.05) is 24.0 Å². The number of hydrogen-bond donors (Lipinski definition) is 2. The minimum Gasteiger partial charge on any atom is -0.365 e. The molecule has 0 radical (unpaired) electrons. The Morgan fingerprint density at radius 2 is 1.97 bits per heavy atom. The highest BCUT2D eigenvalue weighted by molar-refractivity contribution is 7.22.